The summed E-state index contributed by atoms with van der Waals surface area (Å²) < 4.78 is 0. The summed E-state index contributed by atoms with van der Waals surface area (Å²) in [5.74, 6) is 0.0234. The first-order valence-electron chi connectivity index (χ1n) is 3.99. The Bertz CT molecular complexity index is 261. The molecular formula is C8H11BrN2OS. The van der Waals surface area contributed by atoms with Gasteiger partial charge in [0, 0.05) is 18.3 Å². The van der Waals surface area contributed by atoms with Crippen molar-refractivity contribution in [1.82, 2.24) is 10.3 Å². The average molecular weight is 263 g/mol. The normalized spacial score (nSPS) is 12.5. The summed E-state index contributed by atoms with van der Waals surface area (Å²) >= 11 is 4.76. The molecule has 0 aromatic carbocycles. The van der Waals surface area contributed by atoms with E-state index < -0.39 is 0 Å². The van der Waals surface area contributed by atoms with Crippen LogP contribution < -0.4 is 5.32 Å². The number of carbonyl (C=O) groups is 1. The van der Waals surface area contributed by atoms with Crippen LogP contribution in [0.5, 0.6) is 0 Å². The van der Waals surface area contributed by atoms with Gasteiger partial charge in [0.25, 0.3) is 0 Å². The monoisotopic (exact) mass is 262 g/mol. The Kier molecular flexibility index (Phi) is 4.38. The Morgan fingerprint density at radius 1 is 1.85 bits per heavy atom. The van der Waals surface area contributed by atoms with Crippen LogP contribution in [0.2, 0.25) is 0 Å². The van der Waals surface area contributed by atoms with E-state index in [1.807, 2.05) is 5.38 Å². The van der Waals surface area contributed by atoms with E-state index in [0.29, 0.717) is 6.54 Å². The maximum Gasteiger partial charge on any atom is 0.233 e. The molecule has 0 aliphatic carbocycles. The lowest BCUT2D eigenvalue weighted by molar-refractivity contribution is -0.120. The van der Waals surface area contributed by atoms with Gasteiger partial charge in [-0.15, -0.1) is 11.3 Å². The fourth-order valence-electron chi connectivity index (χ4n) is 0.815. The lowest BCUT2D eigenvalue weighted by Crippen LogP contribution is -2.31. The molecular weight excluding hydrogens is 252 g/mol. The van der Waals surface area contributed by atoms with Crippen LogP contribution in [0.15, 0.2) is 10.9 Å². The smallest absolute Gasteiger partial charge is 0.233 e. The molecule has 1 heterocycles. The Hall–Kier alpha value is -0.420. The van der Waals surface area contributed by atoms with Crippen LogP contribution in [-0.2, 0) is 11.2 Å². The van der Waals surface area contributed by atoms with Crippen molar-refractivity contribution in [2.45, 2.75) is 18.2 Å². The van der Waals surface area contributed by atoms with E-state index in [0.717, 1.165) is 12.1 Å². The van der Waals surface area contributed by atoms with Gasteiger partial charge in [-0.05, 0) is 6.92 Å². The van der Waals surface area contributed by atoms with Gasteiger partial charge in [0.2, 0.25) is 5.91 Å². The summed E-state index contributed by atoms with van der Waals surface area (Å²) in [6.45, 7) is 2.46. The van der Waals surface area contributed by atoms with Gasteiger partial charge in [0.15, 0.2) is 0 Å². The first-order chi connectivity index (χ1) is 6.20. The summed E-state index contributed by atoms with van der Waals surface area (Å²) in [6, 6.07) is 0. The summed E-state index contributed by atoms with van der Waals surface area (Å²) in [6.07, 6.45) is 0.801. The third-order valence-corrected chi connectivity index (χ3v) is 2.58. The third kappa shape index (κ3) is 3.87. The van der Waals surface area contributed by atoms with Crippen molar-refractivity contribution in [2.75, 3.05) is 6.54 Å². The number of nitrogens with one attached hydrogen (secondary N) is 1. The number of alkyl halides is 1. The zero-order valence-electron chi connectivity index (χ0n) is 7.29. The van der Waals surface area contributed by atoms with E-state index >= 15 is 0 Å². The topological polar surface area (TPSA) is 42.0 Å². The van der Waals surface area contributed by atoms with Crippen LogP contribution in [0, 0.1) is 0 Å². The first-order valence-corrected chi connectivity index (χ1v) is 5.85. The minimum Gasteiger partial charge on any atom is -0.355 e. The van der Waals surface area contributed by atoms with Crippen LogP contribution in [0.4, 0.5) is 0 Å². The highest BCUT2D eigenvalue weighted by Gasteiger charge is 2.06. The van der Waals surface area contributed by atoms with Crippen LogP contribution in [0.3, 0.4) is 0 Å². The molecule has 13 heavy (non-hydrogen) atoms. The van der Waals surface area contributed by atoms with E-state index in [1.54, 1.807) is 23.8 Å². The fourth-order valence-corrected chi connectivity index (χ4v) is 1.57. The predicted molar refractivity (Wildman–Crippen MR) is 57.2 cm³/mol. The number of nitrogens with zero attached hydrogens (tertiary/aromatic N) is 1. The minimum absolute atomic E-state index is 0.0234. The quantitative estimate of drug-likeness (QED) is 0.838. The maximum atomic E-state index is 11.1. The molecule has 1 N–H and O–H groups in total. The Morgan fingerprint density at radius 3 is 3.15 bits per heavy atom. The zero-order chi connectivity index (χ0) is 9.68. The standard InChI is InChI=1S/C8H11BrN2OS/c1-6(9)8(12)10-3-2-7-4-13-5-11-7/h4-6H,2-3H2,1H3,(H,10,12). The van der Waals surface area contributed by atoms with Crippen molar-refractivity contribution in [2.24, 2.45) is 0 Å². The second-order valence-electron chi connectivity index (χ2n) is 2.64. The molecule has 3 nitrogen and oxygen atoms in total. The largest absolute Gasteiger partial charge is 0.355 e. The van der Waals surface area contributed by atoms with Crippen LogP contribution in [-0.4, -0.2) is 22.3 Å². The van der Waals surface area contributed by atoms with E-state index in [-0.39, 0.29) is 10.7 Å². The van der Waals surface area contributed by atoms with Gasteiger partial charge in [-0.2, -0.15) is 0 Å². The van der Waals surface area contributed by atoms with Crippen LogP contribution in [0.25, 0.3) is 0 Å². The fraction of sp³-hybridized carbons (Fsp3) is 0.500. The number of hydrogen-bond donors (Lipinski definition) is 1. The van der Waals surface area contributed by atoms with Gasteiger partial charge in [0.1, 0.15) is 0 Å². The molecule has 0 aliphatic rings. The molecule has 72 valence electrons. The van der Waals surface area contributed by atoms with Gasteiger partial charge in [0.05, 0.1) is 16.0 Å². The molecule has 0 saturated carbocycles. The van der Waals surface area contributed by atoms with E-state index in [2.05, 4.69) is 26.2 Å². The summed E-state index contributed by atoms with van der Waals surface area (Å²) in [5.41, 5.74) is 2.83. The number of thiazole rings is 1. The Labute approximate surface area is 89.7 Å². The molecule has 1 aromatic rings. The molecule has 1 atom stereocenters. The molecule has 1 rings (SSSR count). The Balaban J connectivity index is 2.18. The lowest BCUT2D eigenvalue weighted by atomic mass is 10.3. The lowest BCUT2D eigenvalue weighted by Gasteiger charge is -2.04. The maximum absolute atomic E-state index is 11.1. The molecule has 1 amide bonds. The Morgan fingerprint density at radius 2 is 2.62 bits per heavy atom. The van der Waals surface area contributed by atoms with Crippen molar-refractivity contribution in [1.29, 1.82) is 0 Å². The molecule has 5 heteroatoms. The molecule has 1 unspecified atom stereocenters. The van der Waals surface area contributed by atoms with Crippen molar-refractivity contribution in [3.05, 3.63) is 16.6 Å². The van der Waals surface area contributed by atoms with E-state index in [1.165, 1.54) is 0 Å². The highest BCUT2D eigenvalue weighted by molar-refractivity contribution is 9.10. The predicted octanol–water partition coefficient (Wildman–Crippen LogP) is 1.59. The van der Waals surface area contributed by atoms with Crippen molar-refractivity contribution in [3.8, 4) is 0 Å². The number of hydrogen-bond acceptors (Lipinski definition) is 3. The summed E-state index contributed by atoms with van der Waals surface area (Å²) in [4.78, 5) is 15.1. The average Bonchev–Trinajstić information content (AvgIpc) is 2.56. The highest BCUT2D eigenvalue weighted by atomic mass is 79.9. The van der Waals surface area contributed by atoms with E-state index in [9.17, 15) is 4.79 Å². The van der Waals surface area contributed by atoms with Gasteiger partial charge < -0.3 is 5.32 Å². The van der Waals surface area contributed by atoms with E-state index in [4.69, 9.17) is 0 Å². The molecule has 0 saturated heterocycles. The van der Waals surface area contributed by atoms with Gasteiger partial charge in [-0.25, -0.2) is 4.98 Å². The van der Waals surface area contributed by atoms with Gasteiger partial charge in [-0.3, -0.25) is 4.79 Å². The number of carbonyl (C=O) groups excluding carboxylic acids is 1. The number of aromatic nitrogens is 1. The van der Waals surface area contributed by atoms with Gasteiger partial charge >= 0.3 is 0 Å². The number of halogens is 1. The molecule has 1 aromatic heterocycles. The van der Waals surface area contributed by atoms with Crippen LogP contribution in [0.1, 0.15) is 12.6 Å². The summed E-state index contributed by atoms with van der Waals surface area (Å²) in [7, 11) is 0. The molecule has 0 spiro atoms. The molecule has 0 fully saturated rings. The second kappa shape index (κ2) is 5.34. The molecule has 0 radical (unpaired) electrons. The number of amides is 1. The van der Waals surface area contributed by atoms with Crippen molar-refractivity contribution in [3.63, 3.8) is 0 Å². The second-order valence-corrected chi connectivity index (χ2v) is 4.73. The van der Waals surface area contributed by atoms with Gasteiger partial charge in [-0.1, -0.05) is 15.9 Å². The van der Waals surface area contributed by atoms with Crippen molar-refractivity contribution < 1.29 is 4.79 Å². The highest BCUT2D eigenvalue weighted by Crippen LogP contribution is 2.01. The third-order valence-electron chi connectivity index (χ3n) is 1.53. The van der Waals surface area contributed by atoms with Crippen LogP contribution >= 0.6 is 27.3 Å². The van der Waals surface area contributed by atoms with Crippen molar-refractivity contribution >= 4 is 33.2 Å². The number of rotatable bonds is 4. The summed E-state index contributed by atoms with van der Waals surface area (Å²) in [5, 5.41) is 4.79. The SMILES string of the molecule is CC(Br)C(=O)NCCc1cscn1. The zero-order valence-corrected chi connectivity index (χ0v) is 9.69. The molecule has 0 bridgehead atoms. The minimum atomic E-state index is -0.122. The first kappa shape index (κ1) is 10.7. The molecule has 0 aliphatic heterocycles.